The van der Waals surface area contributed by atoms with Crippen molar-refractivity contribution >= 4 is 22.9 Å². The fourth-order valence-electron chi connectivity index (χ4n) is 2.98. The number of thiophene rings is 1. The van der Waals surface area contributed by atoms with Gasteiger partial charge in [0.05, 0.1) is 26.3 Å². The Morgan fingerprint density at radius 2 is 1.87 bits per heavy atom. The molecule has 1 amide bonds. The van der Waals surface area contributed by atoms with E-state index >= 15 is 0 Å². The Morgan fingerprint density at radius 3 is 2.61 bits per heavy atom. The van der Waals surface area contributed by atoms with Crippen LogP contribution in [-0.4, -0.2) is 30.3 Å². The molecule has 0 aliphatic rings. The normalized spacial score (nSPS) is 10.7. The number of benzene rings is 2. The summed E-state index contributed by atoms with van der Waals surface area (Å²) < 4.78 is 29.0. The van der Waals surface area contributed by atoms with Crippen LogP contribution >= 0.6 is 11.3 Å². The Balaban J connectivity index is 1.49. The number of ether oxygens (including phenoxy) is 2. The molecule has 4 aromatic rings. The minimum atomic E-state index is -0.342. The smallest absolute Gasteiger partial charge is 0.270 e. The van der Waals surface area contributed by atoms with Gasteiger partial charge in [-0.05, 0) is 53.4 Å². The summed E-state index contributed by atoms with van der Waals surface area (Å²) in [5, 5.41) is 8.66. The highest BCUT2D eigenvalue weighted by molar-refractivity contribution is 7.14. The number of nitrogens with one attached hydrogen (secondary N) is 1. The van der Waals surface area contributed by atoms with Crippen LogP contribution in [0.2, 0.25) is 0 Å². The van der Waals surface area contributed by atoms with E-state index in [-0.39, 0.29) is 24.0 Å². The van der Waals surface area contributed by atoms with Gasteiger partial charge in [-0.2, -0.15) is 4.98 Å². The zero-order valence-electron chi connectivity index (χ0n) is 16.7. The second kappa shape index (κ2) is 8.97. The highest BCUT2D eigenvalue weighted by atomic mass is 32.1. The third kappa shape index (κ3) is 4.56. The maximum Gasteiger partial charge on any atom is 0.270 e. The summed E-state index contributed by atoms with van der Waals surface area (Å²) in [5.74, 6) is 1.22. The van der Waals surface area contributed by atoms with Gasteiger partial charge in [0.1, 0.15) is 10.7 Å². The molecule has 31 heavy (non-hydrogen) atoms. The molecule has 0 saturated carbocycles. The van der Waals surface area contributed by atoms with E-state index in [1.54, 1.807) is 44.6 Å². The van der Waals surface area contributed by atoms with Crippen molar-refractivity contribution in [3.05, 3.63) is 65.3 Å². The van der Waals surface area contributed by atoms with Crippen LogP contribution in [0.15, 0.2) is 58.4 Å². The van der Waals surface area contributed by atoms with Crippen molar-refractivity contribution in [3.8, 4) is 33.7 Å². The topological polar surface area (TPSA) is 86.5 Å². The molecule has 0 bridgehead atoms. The van der Waals surface area contributed by atoms with Crippen molar-refractivity contribution in [2.24, 2.45) is 0 Å². The summed E-state index contributed by atoms with van der Waals surface area (Å²) >= 11 is 1.37. The van der Waals surface area contributed by atoms with E-state index in [1.807, 2.05) is 11.4 Å². The molecular formula is C22H18FN3O4S. The molecule has 0 aliphatic heterocycles. The molecule has 0 atom stereocenters. The van der Waals surface area contributed by atoms with E-state index in [0.717, 1.165) is 5.56 Å². The first-order valence-electron chi connectivity index (χ1n) is 9.25. The van der Waals surface area contributed by atoms with Crippen molar-refractivity contribution in [1.29, 1.82) is 0 Å². The molecule has 2 heterocycles. The molecule has 4 rings (SSSR count). The number of hydrogen-bond donors (Lipinski definition) is 1. The summed E-state index contributed by atoms with van der Waals surface area (Å²) in [7, 11) is 3.10. The molecule has 2 aromatic heterocycles. The molecule has 0 saturated heterocycles. The lowest BCUT2D eigenvalue weighted by atomic mass is 10.1. The Morgan fingerprint density at radius 1 is 1.10 bits per heavy atom. The van der Waals surface area contributed by atoms with Crippen LogP contribution in [0, 0.1) is 5.82 Å². The standard InChI is InChI=1S/C22H18FN3O4S/c1-28-17-8-3-13(11-18(17)29-2)12-19(27)24-16-9-10-31-20(16)22-25-21(26-30-22)14-4-6-15(23)7-5-14/h3-11H,12H2,1-2H3,(H,24,27). The summed E-state index contributed by atoms with van der Waals surface area (Å²) in [5.41, 5.74) is 1.99. The summed E-state index contributed by atoms with van der Waals surface area (Å²) in [6, 6.07) is 12.9. The largest absolute Gasteiger partial charge is 0.493 e. The van der Waals surface area contributed by atoms with E-state index in [4.69, 9.17) is 14.0 Å². The van der Waals surface area contributed by atoms with Crippen molar-refractivity contribution in [3.63, 3.8) is 0 Å². The van der Waals surface area contributed by atoms with E-state index in [1.165, 1.54) is 23.5 Å². The van der Waals surface area contributed by atoms with E-state index in [0.29, 0.717) is 33.5 Å². The van der Waals surface area contributed by atoms with Crippen LogP contribution in [-0.2, 0) is 11.2 Å². The van der Waals surface area contributed by atoms with E-state index in [2.05, 4.69) is 15.5 Å². The minimum Gasteiger partial charge on any atom is -0.493 e. The van der Waals surface area contributed by atoms with Crippen molar-refractivity contribution in [2.75, 3.05) is 19.5 Å². The SMILES string of the molecule is COc1ccc(CC(=O)Nc2ccsc2-c2nc(-c3ccc(F)cc3)no2)cc1OC. The molecule has 0 radical (unpaired) electrons. The Bertz CT molecular complexity index is 1200. The van der Waals surface area contributed by atoms with Gasteiger partial charge >= 0.3 is 0 Å². The molecule has 1 N–H and O–H groups in total. The third-order valence-corrected chi connectivity index (χ3v) is 5.38. The van der Waals surface area contributed by atoms with E-state index in [9.17, 15) is 9.18 Å². The van der Waals surface area contributed by atoms with Gasteiger partial charge in [-0.15, -0.1) is 11.3 Å². The van der Waals surface area contributed by atoms with Crippen LogP contribution in [0.5, 0.6) is 11.5 Å². The number of hydrogen-bond acceptors (Lipinski definition) is 7. The first-order valence-corrected chi connectivity index (χ1v) is 10.1. The number of rotatable bonds is 7. The average Bonchev–Trinajstić information content (AvgIpc) is 3.43. The molecule has 7 nitrogen and oxygen atoms in total. The number of nitrogens with zero attached hydrogens (tertiary/aromatic N) is 2. The average molecular weight is 439 g/mol. The predicted octanol–water partition coefficient (Wildman–Crippen LogP) is 4.80. The Hall–Kier alpha value is -3.72. The fraction of sp³-hybridized carbons (Fsp3) is 0.136. The maximum absolute atomic E-state index is 13.1. The van der Waals surface area contributed by atoms with Gasteiger partial charge in [-0.1, -0.05) is 11.2 Å². The fourth-order valence-corrected chi connectivity index (χ4v) is 3.75. The molecule has 0 fully saturated rings. The molecule has 0 unspecified atom stereocenters. The monoisotopic (exact) mass is 439 g/mol. The number of halogens is 1. The first kappa shape index (κ1) is 20.5. The van der Waals surface area contributed by atoms with Crippen molar-refractivity contribution < 1.29 is 23.2 Å². The maximum atomic E-state index is 13.1. The quantitative estimate of drug-likeness (QED) is 0.445. The lowest BCUT2D eigenvalue weighted by Crippen LogP contribution is -2.14. The first-order chi connectivity index (χ1) is 15.1. The number of carbonyl (C=O) groups is 1. The number of methoxy groups -OCH3 is 2. The van der Waals surface area contributed by atoms with Crippen LogP contribution in [0.3, 0.4) is 0 Å². The highest BCUT2D eigenvalue weighted by Crippen LogP contribution is 2.34. The van der Waals surface area contributed by atoms with E-state index < -0.39 is 0 Å². The second-order valence-corrected chi connectivity index (χ2v) is 7.42. The van der Waals surface area contributed by atoms with Crippen molar-refractivity contribution in [1.82, 2.24) is 10.1 Å². The van der Waals surface area contributed by atoms with Crippen LogP contribution < -0.4 is 14.8 Å². The number of anilines is 1. The molecule has 0 spiro atoms. The van der Waals surface area contributed by atoms with Gasteiger partial charge in [-0.25, -0.2) is 4.39 Å². The Kier molecular flexibility index (Phi) is 5.94. The molecule has 9 heteroatoms. The number of carbonyl (C=O) groups excluding carboxylic acids is 1. The van der Waals surface area contributed by atoms with Crippen LogP contribution in [0.1, 0.15) is 5.56 Å². The summed E-state index contributed by atoms with van der Waals surface area (Å²) in [6.45, 7) is 0. The molecule has 158 valence electrons. The van der Waals surface area contributed by atoms with Gasteiger partial charge in [0.25, 0.3) is 5.89 Å². The zero-order valence-corrected chi connectivity index (χ0v) is 17.5. The van der Waals surface area contributed by atoms with Crippen LogP contribution in [0.25, 0.3) is 22.2 Å². The third-order valence-electron chi connectivity index (χ3n) is 4.47. The minimum absolute atomic E-state index is 0.153. The lowest BCUT2D eigenvalue weighted by Gasteiger charge is -2.10. The van der Waals surface area contributed by atoms with Gasteiger partial charge in [0.2, 0.25) is 11.7 Å². The predicted molar refractivity (Wildman–Crippen MR) is 115 cm³/mol. The second-order valence-electron chi connectivity index (χ2n) is 6.51. The highest BCUT2D eigenvalue weighted by Gasteiger charge is 2.18. The van der Waals surface area contributed by atoms with Gasteiger partial charge in [0, 0.05) is 5.56 Å². The molecule has 0 aliphatic carbocycles. The molecule has 2 aromatic carbocycles. The number of aromatic nitrogens is 2. The Labute approximate surface area is 181 Å². The zero-order chi connectivity index (χ0) is 21.8. The van der Waals surface area contributed by atoms with Gasteiger partial charge in [-0.3, -0.25) is 4.79 Å². The van der Waals surface area contributed by atoms with Crippen molar-refractivity contribution in [2.45, 2.75) is 6.42 Å². The lowest BCUT2D eigenvalue weighted by molar-refractivity contribution is -0.115. The van der Waals surface area contributed by atoms with Gasteiger partial charge in [0.15, 0.2) is 11.5 Å². The summed E-state index contributed by atoms with van der Waals surface area (Å²) in [4.78, 5) is 17.6. The summed E-state index contributed by atoms with van der Waals surface area (Å²) in [6.07, 6.45) is 0.153. The molecular weight excluding hydrogens is 421 g/mol. The van der Waals surface area contributed by atoms with Gasteiger partial charge < -0.3 is 19.3 Å². The van der Waals surface area contributed by atoms with Crippen LogP contribution in [0.4, 0.5) is 10.1 Å². The number of amides is 1.